The molecule has 2 aromatic carbocycles. The Labute approximate surface area is 785 Å². The number of nitrogens with zero attached hydrogens (tertiary/aromatic N) is 6. The summed E-state index contributed by atoms with van der Waals surface area (Å²) in [7, 11) is 0. The molecule has 10 aromatic rings. The standard InChI is InChI=1S/C118H136N10O4/c1-5-9-13-17-21-25-29-35-41-47-77-129-97-81-91(82-98(87-97)130-78-48-42-36-30-26-22-18-14-10-6-2)117-109-59-55-95(123-109)85-93-53-57-107(121-93)115(89-69-73-119-74-70-89)111-65-61-103(125-111)101(105-63-67-113(117)127-105)51-45-39-33-34-40-46-52-102-104-62-66-112(126-104)116(90-71-75-120-76-72-90)108-58-54-94(122-108)86-96-56-60-110(124-96)118(114-68-64-106(102)128-114)92-83-99(131-79-49-43-37-31-27-23-19-15-11-7-3)88-100(84-92)132-80-50-44-38-32-28-24-20-16-12-8-4/h53-76,81-88,123-126H,5-32,35-38,41-44,47-50,77-80H2,1-4H3. The van der Waals surface area contributed by atoms with Gasteiger partial charge in [0.2, 0.25) is 0 Å². The number of aromatic nitrogens is 10. The molecular formula is C118H136N10O4. The Morgan fingerprint density at radius 1 is 0.227 bits per heavy atom. The Hall–Kier alpha value is -12.6. The van der Waals surface area contributed by atoms with E-state index in [0.717, 1.165) is 197 Å². The van der Waals surface area contributed by atoms with Crippen LogP contribution in [-0.4, -0.2) is 76.3 Å². The number of hydrogen-bond donors (Lipinski definition) is 4. The minimum absolute atomic E-state index is 0.616. The largest absolute Gasteiger partial charge is 0.493 e. The van der Waals surface area contributed by atoms with E-state index in [1.807, 2.05) is 61.2 Å². The summed E-state index contributed by atoms with van der Waals surface area (Å²) in [6.07, 6.45) is 73.9. The van der Waals surface area contributed by atoms with Crippen LogP contribution < -0.4 is 18.9 Å². The number of nitrogens with one attached hydrogen (secondary N) is 4. The zero-order chi connectivity index (χ0) is 90.6. The first-order valence-corrected chi connectivity index (χ1v) is 50.3. The van der Waals surface area contributed by atoms with Gasteiger partial charge in [0.1, 0.15) is 23.0 Å². The molecule has 14 rings (SSSR count). The first-order valence-electron chi connectivity index (χ1n) is 50.3. The van der Waals surface area contributed by atoms with Crippen LogP contribution in [0, 0.1) is 47.4 Å². The molecule has 14 heteroatoms. The smallest absolute Gasteiger partial charge is 0.123 e. The Balaban J connectivity index is 0.821. The highest BCUT2D eigenvalue weighted by Gasteiger charge is 2.22. The second-order valence-corrected chi connectivity index (χ2v) is 35.7. The second kappa shape index (κ2) is 53.0. The SMILES string of the molecule is CCCCCCCCCCCCOc1cc(OCCCCCCCCCCCC)cc(-c2c3nc(c(C#CC#CC#CC#Cc4c5nc(c(-c6cc(OCCCCCCCCCCCC)cc(OCCCCCCCCCCCC)c6)c6ccc(cc7nc(c(-c8ccncc8)c8ccc4[nH]8)C=C7)[nH]6)C=C5)c4ccc([nH]4)c(-c4ccncc4)c4nc(cc5ccc2[nH]5)C=C4)C=C3)c1. The van der Waals surface area contributed by atoms with Crippen molar-refractivity contribution in [1.29, 1.82) is 0 Å². The molecule has 0 radical (unpaired) electrons. The summed E-state index contributed by atoms with van der Waals surface area (Å²) in [6, 6.07) is 41.7. The quantitative estimate of drug-likeness (QED) is 0.0212. The van der Waals surface area contributed by atoms with Crippen LogP contribution >= 0.6 is 0 Å². The Kier molecular flexibility index (Phi) is 38.4. The van der Waals surface area contributed by atoms with Gasteiger partial charge in [-0.1, -0.05) is 259 Å². The van der Waals surface area contributed by atoms with E-state index in [-0.39, 0.29) is 0 Å². The van der Waals surface area contributed by atoms with Crippen LogP contribution in [0.25, 0.3) is 137 Å². The predicted octanol–water partition coefficient (Wildman–Crippen LogP) is 31.7. The van der Waals surface area contributed by atoms with Crippen LogP contribution in [0.5, 0.6) is 23.0 Å². The van der Waals surface area contributed by atoms with Crippen molar-refractivity contribution < 1.29 is 18.9 Å². The summed E-state index contributed by atoms with van der Waals surface area (Å²) in [5, 5.41) is 0. The molecule has 0 amide bonds. The third-order valence-electron chi connectivity index (χ3n) is 25.2. The van der Waals surface area contributed by atoms with E-state index in [1.165, 1.54) is 205 Å². The number of benzene rings is 2. The highest BCUT2D eigenvalue weighted by atomic mass is 16.5. The maximum Gasteiger partial charge on any atom is 0.123 e. The number of H-pyrrole nitrogens is 4. The van der Waals surface area contributed by atoms with Gasteiger partial charge in [0.25, 0.3) is 0 Å². The van der Waals surface area contributed by atoms with Gasteiger partial charge in [-0.2, -0.15) is 0 Å². The number of aromatic amines is 4. The van der Waals surface area contributed by atoms with E-state index >= 15 is 0 Å². The molecule has 0 spiro atoms. The maximum absolute atomic E-state index is 6.75. The van der Waals surface area contributed by atoms with Crippen LogP contribution in [0.4, 0.5) is 0 Å². The number of unbranched alkanes of at least 4 members (excludes halogenated alkanes) is 36. The van der Waals surface area contributed by atoms with E-state index in [2.05, 4.69) is 238 Å². The van der Waals surface area contributed by atoms with Crippen LogP contribution in [0.15, 0.2) is 146 Å². The lowest BCUT2D eigenvalue weighted by Crippen LogP contribution is -2.01. The fourth-order valence-electron chi connectivity index (χ4n) is 18.0. The third-order valence-corrected chi connectivity index (χ3v) is 25.2. The highest BCUT2D eigenvalue weighted by Crippen LogP contribution is 2.41. The molecule has 0 saturated carbocycles. The number of hydrogen-bond acceptors (Lipinski definition) is 10. The number of ether oxygens (including phenoxy) is 4. The van der Waals surface area contributed by atoms with Gasteiger partial charge in [-0.05, 0) is 253 Å². The van der Waals surface area contributed by atoms with Crippen molar-refractivity contribution in [2.24, 2.45) is 0 Å². The molecule has 4 N–H and O–H groups in total. The number of fused-ring (bicyclic) bond motifs is 16. The lowest BCUT2D eigenvalue weighted by molar-refractivity contribution is 0.289. The molecule has 16 bridgehead atoms. The van der Waals surface area contributed by atoms with Crippen LogP contribution in [0.1, 0.15) is 341 Å². The summed E-state index contributed by atoms with van der Waals surface area (Å²) in [4.78, 5) is 45.6. The molecule has 132 heavy (non-hydrogen) atoms. The number of rotatable bonds is 52. The van der Waals surface area contributed by atoms with Crippen molar-refractivity contribution in [2.45, 2.75) is 285 Å². The Morgan fingerprint density at radius 2 is 0.485 bits per heavy atom. The minimum atomic E-state index is 0.616. The molecule has 0 atom stereocenters. The lowest BCUT2D eigenvalue weighted by Gasteiger charge is -2.14. The molecule has 0 saturated heterocycles. The van der Waals surface area contributed by atoms with Gasteiger partial charge in [0, 0.05) is 92.3 Å². The van der Waals surface area contributed by atoms with Crippen LogP contribution in [-0.2, 0) is 0 Å². The van der Waals surface area contributed by atoms with Gasteiger partial charge in [-0.3, -0.25) is 9.97 Å². The first kappa shape index (κ1) is 95.5. The summed E-state index contributed by atoms with van der Waals surface area (Å²) in [5.41, 5.74) is 21.5. The summed E-state index contributed by atoms with van der Waals surface area (Å²) in [5.74, 6) is 28.7. The van der Waals surface area contributed by atoms with E-state index in [4.69, 9.17) is 38.9 Å². The van der Waals surface area contributed by atoms with Gasteiger partial charge in [0.15, 0.2) is 0 Å². The molecular weight excluding hydrogens is 1620 g/mol. The maximum atomic E-state index is 6.75. The van der Waals surface area contributed by atoms with E-state index in [9.17, 15) is 0 Å². The van der Waals surface area contributed by atoms with Crippen molar-refractivity contribution in [3.05, 3.63) is 203 Å². The monoisotopic (exact) mass is 1760 g/mol. The lowest BCUT2D eigenvalue weighted by atomic mass is 10.0. The van der Waals surface area contributed by atoms with Crippen molar-refractivity contribution in [2.75, 3.05) is 26.4 Å². The zero-order valence-electron chi connectivity index (χ0n) is 78.9. The summed E-state index contributed by atoms with van der Waals surface area (Å²) in [6.45, 7) is 11.6. The Morgan fingerprint density at radius 3 is 0.811 bits per heavy atom. The minimum Gasteiger partial charge on any atom is -0.493 e. The zero-order valence-corrected chi connectivity index (χ0v) is 78.9. The second-order valence-electron chi connectivity index (χ2n) is 35.7. The fourth-order valence-corrected chi connectivity index (χ4v) is 18.0. The van der Waals surface area contributed by atoms with Crippen molar-refractivity contribution in [3.8, 4) is 115 Å². The summed E-state index contributed by atoms with van der Waals surface area (Å²) < 4.78 is 27.0. The van der Waals surface area contributed by atoms with Gasteiger partial charge < -0.3 is 38.9 Å². The Bertz CT molecular complexity index is 5720. The normalized spacial score (nSPS) is 11.7. The van der Waals surface area contributed by atoms with Crippen LogP contribution in [0.3, 0.4) is 0 Å². The molecule has 4 aliphatic heterocycles. The van der Waals surface area contributed by atoms with E-state index in [0.29, 0.717) is 48.9 Å². The van der Waals surface area contributed by atoms with Gasteiger partial charge in [0.05, 0.1) is 94.1 Å². The molecule has 12 heterocycles. The highest BCUT2D eigenvalue weighted by molar-refractivity contribution is 5.97. The third kappa shape index (κ3) is 28.9. The molecule has 0 unspecified atom stereocenters. The predicted molar refractivity (Wildman–Crippen MR) is 554 cm³/mol. The van der Waals surface area contributed by atoms with Crippen LogP contribution in [0.2, 0.25) is 0 Å². The molecule has 14 nitrogen and oxygen atoms in total. The van der Waals surface area contributed by atoms with Crippen molar-refractivity contribution >= 4 is 92.7 Å². The van der Waals surface area contributed by atoms with Gasteiger partial charge in [-0.25, -0.2) is 19.9 Å². The molecule has 0 aliphatic carbocycles. The molecule has 682 valence electrons. The fraction of sp³-hybridized carbons (Fsp3) is 0.407. The van der Waals surface area contributed by atoms with Gasteiger partial charge >= 0.3 is 0 Å². The number of pyridine rings is 2. The van der Waals surface area contributed by atoms with Gasteiger partial charge in [-0.15, -0.1) is 0 Å². The van der Waals surface area contributed by atoms with Crippen molar-refractivity contribution in [1.82, 2.24) is 49.8 Å². The average Bonchev–Trinajstić information content (AvgIpc) is 1.60. The molecule has 0 fully saturated rings. The van der Waals surface area contributed by atoms with Crippen molar-refractivity contribution in [3.63, 3.8) is 0 Å². The average molecular weight is 1760 g/mol. The van der Waals surface area contributed by atoms with E-state index in [1.54, 1.807) is 0 Å². The summed E-state index contributed by atoms with van der Waals surface area (Å²) >= 11 is 0. The topological polar surface area (TPSA) is 177 Å². The first-order chi connectivity index (χ1) is 65.3. The van der Waals surface area contributed by atoms with E-state index < -0.39 is 0 Å². The molecule has 4 aliphatic rings. The molecule has 8 aromatic heterocycles.